The number of benzene rings is 2. The Morgan fingerprint density at radius 3 is 2.19 bits per heavy atom. The van der Waals surface area contributed by atoms with Crippen molar-refractivity contribution in [2.24, 2.45) is 0 Å². The molecule has 0 aliphatic heterocycles. The molecule has 0 radical (unpaired) electrons. The predicted molar refractivity (Wildman–Crippen MR) is 94.0 cm³/mol. The number of fused-ring (bicyclic) bond motifs is 2. The third kappa shape index (κ3) is 2.45. The van der Waals surface area contributed by atoms with Gasteiger partial charge in [-0.25, -0.2) is 9.89 Å². The molecule has 1 heterocycles. The first-order valence-electron chi connectivity index (χ1n) is 8.10. The molecule has 4 rings (SSSR count). The van der Waals surface area contributed by atoms with Crippen molar-refractivity contribution in [3.63, 3.8) is 0 Å². The number of aliphatic carboxylic acids is 1. The van der Waals surface area contributed by atoms with E-state index < -0.39 is 23.0 Å². The van der Waals surface area contributed by atoms with Crippen LogP contribution in [0, 0.1) is 0 Å². The molecule has 0 bridgehead atoms. The fourth-order valence-corrected chi connectivity index (χ4v) is 3.47. The highest BCUT2D eigenvalue weighted by molar-refractivity contribution is 6.06. The number of rotatable bonds is 3. The molecule has 0 saturated heterocycles. The highest BCUT2D eigenvalue weighted by Crippen LogP contribution is 2.31. The number of carbonyl (C=O) groups excluding carboxylic acids is 1. The maximum Gasteiger partial charge on any atom is 0.330 e. The number of H-pyrrole nitrogens is 1. The maximum atomic E-state index is 12.8. The molecule has 3 aromatic rings. The Labute approximate surface area is 147 Å². The normalized spacial score (nSPS) is 14.8. The zero-order valence-corrected chi connectivity index (χ0v) is 13.7. The summed E-state index contributed by atoms with van der Waals surface area (Å²) < 4.78 is 0. The van der Waals surface area contributed by atoms with Crippen LogP contribution in [0.1, 0.15) is 21.6 Å². The topological polar surface area (TPSA) is 112 Å². The van der Waals surface area contributed by atoms with Crippen LogP contribution in [0.5, 0.6) is 0 Å². The molecule has 0 spiro atoms. The van der Waals surface area contributed by atoms with Gasteiger partial charge in [0.25, 0.3) is 11.5 Å². The summed E-state index contributed by atoms with van der Waals surface area (Å²) >= 11 is 0. The molecule has 7 heteroatoms. The highest BCUT2D eigenvalue weighted by Gasteiger charge is 2.45. The smallest absolute Gasteiger partial charge is 0.330 e. The van der Waals surface area contributed by atoms with Crippen LogP contribution in [0.15, 0.2) is 53.3 Å². The first-order valence-corrected chi connectivity index (χ1v) is 8.10. The van der Waals surface area contributed by atoms with Gasteiger partial charge in [-0.3, -0.25) is 9.59 Å². The van der Waals surface area contributed by atoms with Crippen molar-refractivity contribution < 1.29 is 14.7 Å². The van der Waals surface area contributed by atoms with Crippen molar-refractivity contribution >= 4 is 22.6 Å². The summed E-state index contributed by atoms with van der Waals surface area (Å²) in [5.41, 5.74) is -0.0428. The largest absolute Gasteiger partial charge is 0.479 e. The lowest BCUT2D eigenvalue weighted by Crippen LogP contribution is -2.55. The van der Waals surface area contributed by atoms with Gasteiger partial charge in [-0.1, -0.05) is 42.5 Å². The Balaban J connectivity index is 1.73. The van der Waals surface area contributed by atoms with Crippen LogP contribution in [0.25, 0.3) is 10.8 Å². The Kier molecular flexibility index (Phi) is 3.57. The van der Waals surface area contributed by atoms with Crippen molar-refractivity contribution in [2.45, 2.75) is 18.4 Å². The summed E-state index contributed by atoms with van der Waals surface area (Å²) in [5.74, 6) is -1.73. The Hall–Kier alpha value is -3.48. The number of carboxylic acids is 1. The van der Waals surface area contributed by atoms with E-state index >= 15 is 0 Å². The molecule has 1 amide bonds. The second kappa shape index (κ2) is 5.80. The summed E-state index contributed by atoms with van der Waals surface area (Å²) in [5, 5.41) is 19.3. The SMILES string of the molecule is O=C(NC1(C(=O)O)Cc2ccccc2C1)c1n[nH]c(=O)c2ccccc12. The fraction of sp³-hybridized carbons (Fsp3) is 0.158. The van der Waals surface area contributed by atoms with Crippen molar-refractivity contribution in [1.29, 1.82) is 0 Å². The van der Waals surface area contributed by atoms with E-state index in [1.807, 2.05) is 24.3 Å². The van der Waals surface area contributed by atoms with Gasteiger partial charge >= 0.3 is 5.97 Å². The van der Waals surface area contributed by atoms with Gasteiger partial charge < -0.3 is 10.4 Å². The number of amides is 1. The van der Waals surface area contributed by atoms with Crippen LogP contribution in [-0.4, -0.2) is 32.7 Å². The third-order valence-electron chi connectivity index (χ3n) is 4.78. The molecule has 3 N–H and O–H groups in total. The van der Waals surface area contributed by atoms with E-state index in [-0.39, 0.29) is 18.5 Å². The molecule has 2 aromatic carbocycles. The van der Waals surface area contributed by atoms with E-state index in [0.717, 1.165) is 11.1 Å². The average molecular weight is 349 g/mol. The summed E-state index contributed by atoms with van der Waals surface area (Å²) in [7, 11) is 0. The van der Waals surface area contributed by atoms with Gasteiger partial charge in [0, 0.05) is 18.2 Å². The molecule has 1 aromatic heterocycles. The van der Waals surface area contributed by atoms with Crippen molar-refractivity contribution in [1.82, 2.24) is 15.5 Å². The van der Waals surface area contributed by atoms with Crippen LogP contribution < -0.4 is 10.9 Å². The number of hydrogen-bond donors (Lipinski definition) is 3. The van der Waals surface area contributed by atoms with Gasteiger partial charge in [0.15, 0.2) is 5.69 Å². The van der Waals surface area contributed by atoms with Crippen LogP contribution in [0.3, 0.4) is 0 Å². The molecule has 0 fully saturated rings. The van der Waals surface area contributed by atoms with Gasteiger partial charge in [0.1, 0.15) is 5.54 Å². The minimum absolute atomic E-state index is 0.00298. The van der Waals surface area contributed by atoms with E-state index in [0.29, 0.717) is 10.8 Å². The molecule has 26 heavy (non-hydrogen) atoms. The van der Waals surface area contributed by atoms with Crippen molar-refractivity contribution in [2.75, 3.05) is 0 Å². The predicted octanol–water partition coefficient (Wildman–Crippen LogP) is 1.28. The Bertz CT molecular complexity index is 1080. The van der Waals surface area contributed by atoms with Gasteiger partial charge in [0.2, 0.25) is 0 Å². The number of aromatic nitrogens is 2. The molecular weight excluding hydrogens is 334 g/mol. The van der Waals surface area contributed by atoms with E-state index in [1.54, 1.807) is 24.3 Å². The fourth-order valence-electron chi connectivity index (χ4n) is 3.47. The Morgan fingerprint density at radius 1 is 1.00 bits per heavy atom. The van der Waals surface area contributed by atoms with Gasteiger partial charge in [-0.15, -0.1) is 0 Å². The minimum atomic E-state index is -1.43. The lowest BCUT2D eigenvalue weighted by atomic mass is 9.95. The quantitative estimate of drug-likeness (QED) is 0.659. The number of aromatic amines is 1. The minimum Gasteiger partial charge on any atom is -0.479 e. The summed E-state index contributed by atoms with van der Waals surface area (Å²) in [6, 6.07) is 14.0. The van der Waals surface area contributed by atoms with Gasteiger partial charge in [-0.05, 0) is 17.2 Å². The van der Waals surface area contributed by atoms with Crippen LogP contribution in [-0.2, 0) is 17.6 Å². The number of nitrogens with zero attached hydrogens (tertiary/aromatic N) is 1. The summed E-state index contributed by atoms with van der Waals surface area (Å²) in [4.78, 5) is 36.7. The molecule has 1 aliphatic carbocycles. The lowest BCUT2D eigenvalue weighted by Gasteiger charge is -2.25. The monoisotopic (exact) mass is 349 g/mol. The number of carbonyl (C=O) groups is 2. The average Bonchev–Trinajstić information content (AvgIpc) is 3.01. The van der Waals surface area contributed by atoms with E-state index in [4.69, 9.17) is 0 Å². The third-order valence-corrected chi connectivity index (χ3v) is 4.78. The van der Waals surface area contributed by atoms with Gasteiger partial charge in [0.05, 0.1) is 5.39 Å². The van der Waals surface area contributed by atoms with Crippen LogP contribution >= 0.6 is 0 Å². The second-order valence-electron chi connectivity index (χ2n) is 6.41. The molecule has 1 aliphatic rings. The standard InChI is InChI=1S/C19H15N3O4/c23-16-14-8-4-3-7-13(14)15(21-22-16)17(24)20-19(18(25)26)9-11-5-1-2-6-12(11)10-19/h1-8H,9-10H2,(H,20,24)(H,22,23)(H,25,26). The van der Waals surface area contributed by atoms with Crippen LogP contribution in [0.2, 0.25) is 0 Å². The summed E-state index contributed by atoms with van der Waals surface area (Å²) in [6.45, 7) is 0. The Morgan fingerprint density at radius 2 is 1.58 bits per heavy atom. The first-order chi connectivity index (χ1) is 12.5. The zero-order valence-electron chi connectivity index (χ0n) is 13.7. The number of hydrogen-bond acceptors (Lipinski definition) is 4. The van der Waals surface area contributed by atoms with Crippen molar-refractivity contribution in [3.8, 4) is 0 Å². The molecule has 0 unspecified atom stereocenters. The van der Waals surface area contributed by atoms with Crippen molar-refractivity contribution in [3.05, 3.63) is 75.7 Å². The summed E-state index contributed by atoms with van der Waals surface area (Å²) in [6.07, 6.45) is 0.400. The highest BCUT2D eigenvalue weighted by atomic mass is 16.4. The molecule has 7 nitrogen and oxygen atoms in total. The van der Waals surface area contributed by atoms with Crippen LogP contribution in [0.4, 0.5) is 0 Å². The molecular formula is C19H15N3O4. The lowest BCUT2D eigenvalue weighted by molar-refractivity contribution is -0.144. The number of nitrogens with one attached hydrogen (secondary N) is 2. The second-order valence-corrected chi connectivity index (χ2v) is 6.41. The van der Waals surface area contributed by atoms with E-state index in [2.05, 4.69) is 15.5 Å². The zero-order chi connectivity index (χ0) is 18.3. The number of carboxylic acid groups (broad SMARTS) is 1. The molecule has 0 atom stereocenters. The van der Waals surface area contributed by atoms with E-state index in [1.165, 1.54) is 0 Å². The molecule has 130 valence electrons. The maximum absolute atomic E-state index is 12.8. The first kappa shape index (κ1) is 16.0. The molecule has 0 saturated carbocycles. The van der Waals surface area contributed by atoms with E-state index in [9.17, 15) is 19.5 Å². The van der Waals surface area contributed by atoms with Gasteiger partial charge in [-0.2, -0.15) is 5.10 Å².